The highest BCUT2D eigenvalue weighted by atomic mass is 16.5. The minimum Gasteiger partial charge on any atom is -0.480 e. The molecule has 0 aliphatic rings. The van der Waals surface area contributed by atoms with Crippen LogP contribution in [0.4, 0.5) is 4.79 Å². The van der Waals surface area contributed by atoms with E-state index in [4.69, 9.17) is 25.6 Å². The Morgan fingerprint density at radius 3 is 2.67 bits per heavy atom. The fourth-order valence-electron chi connectivity index (χ4n) is 1.31. The highest BCUT2D eigenvalue weighted by molar-refractivity contribution is 5.82. The average Bonchev–Trinajstić information content (AvgIpc) is 2.91. The molecule has 11 nitrogen and oxygen atoms in total. The molecule has 7 N–H and O–H groups in total. The van der Waals surface area contributed by atoms with Crippen LogP contribution in [-0.2, 0) is 11.3 Å². The average molecular weight is 303 g/mol. The molecule has 1 heterocycles. The Kier molecular flexibility index (Phi) is 6.52. The number of carbonyl (C=O) groups excluding carboxylic acids is 1. The fraction of sp³-hybridized carbons (Fsp3) is 0.600. The minimum absolute atomic E-state index is 0.0735. The third-order valence-electron chi connectivity index (χ3n) is 2.44. The molecule has 118 valence electrons. The number of nitrogens with one attached hydrogen (secondary N) is 2. The summed E-state index contributed by atoms with van der Waals surface area (Å²) in [4.78, 5) is 25.9. The van der Waals surface area contributed by atoms with E-state index in [1.807, 2.05) is 5.32 Å². The zero-order valence-electron chi connectivity index (χ0n) is 11.0. The molecule has 0 saturated carbocycles. The van der Waals surface area contributed by atoms with Gasteiger partial charge in [-0.1, -0.05) is 5.16 Å². The lowest BCUT2D eigenvalue weighted by Gasteiger charge is -2.11. The summed E-state index contributed by atoms with van der Waals surface area (Å²) in [6.07, 6.45) is 0.268. The lowest BCUT2D eigenvalue weighted by Crippen LogP contribution is -2.47. The highest BCUT2D eigenvalue weighted by Gasteiger charge is 2.19. The van der Waals surface area contributed by atoms with Crippen LogP contribution >= 0.6 is 0 Å². The molecule has 1 rings (SSSR count). The van der Waals surface area contributed by atoms with Gasteiger partial charge in [-0.15, -0.1) is 0 Å². The van der Waals surface area contributed by atoms with Crippen LogP contribution in [0.1, 0.15) is 24.2 Å². The van der Waals surface area contributed by atoms with Crippen molar-refractivity contribution in [1.82, 2.24) is 20.8 Å². The molecule has 0 fully saturated rings. The van der Waals surface area contributed by atoms with Crippen LogP contribution in [0.5, 0.6) is 0 Å². The van der Waals surface area contributed by atoms with Crippen LogP contribution in [0.25, 0.3) is 0 Å². The van der Waals surface area contributed by atoms with Crippen molar-refractivity contribution in [2.24, 2.45) is 5.73 Å². The van der Waals surface area contributed by atoms with Crippen molar-refractivity contribution < 1.29 is 29.4 Å². The first kappa shape index (κ1) is 16.8. The van der Waals surface area contributed by atoms with Crippen LogP contribution in [0.3, 0.4) is 0 Å². The molecule has 0 bridgehead atoms. The number of aliphatic hydroxyl groups is 2. The molecule has 0 unspecified atom stereocenters. The van der Waals surface area contributed by atoms with E-state index >= 15 is 0 Å². The van der Waals surface area contributed by atoms with Crippen LogP contribution in [0.2, 0.25) is 0 Å². The van der Waals surface area contributed by atoms with Gasteiger partial charge in [0, 0.05) is 6.61 Å². The molecular weight excluding hydrogens is 286 g/mol. The number of nitrogens with zero attached hydrogens (tertiary/aromatic N) is 2. The van der Waals surface area contributed by atoms with E-state index in [0.717, 1.165) is 0 Å². The molecule has 2 atom stereocenters. The van der Waals surface area contributed by atoms with E-state index in [1.165, 1.54) is 0 Å². The molecule has 1 aromatic rings. The Hall–Kier alpha value is -2.24. The fourth-order valence-corrected chi connectivity index (χ4v) is 1.31. The van der Waals surface area contributed by atoms with E-state index in [0.29, 0.717) is 0 Å². The molecule has 0 aromatic carbocycles. The van der Waals surface area contributed by atoms with Crippen molar-refractivity contribution in [3.05, 3.63) is 11.7 Å². The van der Waals surface area contributed by atoms with Crippen molar-refractivity contribution in [2.45, 2.75) is 25.0 Å². The van der Waals surface area contributed by atoms with Gasteiger partial charge in [0.2, 0.25) is 5.89 Å². The zero-order chi connectivity index (χ0) is 15.8. The Morgan fingerprint density at radius 1 is 1.38 bits per heavy atom. The topological polar surface area (TPSA) is 184 Å². The van der Waals surface area contributed by atoms with E-state index < -0.39 is 30.7 Å². The molecule has 0 aliphatic heterocycles. The number of aliphatic carboxylic acids is 1. The van der Waals surface area contributed by atoms with Crippen LogP contribution < -0.4 is 16.4 Å². The van der Waals surface area contributed by atoms with Gasteiger partial charge in [-0.05, 0) is 6.42 Å². The molecular formula is C10H17N5O6. The molecule has 2 amide bonds. The van der Waals surface area contributed by atoms with Gasteiger partial charge in [0.15, 0.2) is 11.9 Å². The van der Waals surface area contributed by atoms with Gasteiger partial charge in [-0.2, -0.15) is 4.98 Å². The summed E-state index contributed by atoms with van der Waals surface area (Å²) in [6, 6.07) is -2.79. The summed E-state index contributed by atoms with van der Waals surface area (Å²) in [7, 11) is 0. The Labute approximate surface area is 119 Å². The van der Waals surface area contributed by atoms with Gasteiger partial charge < -0.3 is 36.2 Å². The van der Waals surface area contributed by atoms with E-state index in [-0.39, 0.29) is 31.3 Å². The lowest BCUT2D eigenvalue weighted by atomic mass is 10.2. The first-order valence-electron chi connectivity index (χ1n) is 6.04. The number of nitrogens with two attached hydrogens (primary N) is 1. The van der Waals surface area contributed by atoms with Crippen molar-refractivity contribution in [2.75, 3.05) is 13.2 Å². The number of carboxylic acids is 1. The van der Waals surface area contributed by atoms with Crippen molar-refractivity contribution in [3.8, 4) is 0 Å². The van der Waals surface area contributed by atoms with Gasteiger partial charge in [0.1, 0.15) is 0 Å². The quantitative estimate of drug-likeness (QED) is 0.307. The highest BCUT2D eigenvalue weighted by Crippen LogP contribution is 2.09. The lowest BCUT2D eigenvalue weighted by molar-refractivity contribution is -0.140. The third kappa shape index (κ3) is 5.33. The number of aliphatic hydroxyl groups excluding tert-OH is 2. The molecule has 11 heteroatoms. The van der Waals surface area contributed by atoms with Crippen LogP contribution in [0, 0.1) is 0 Å². The summed E-state index contributed by atoms with van der Waals surface area (Å²) < 4.78 is 4.83. The summed E-state index contributed by atoms with van der Waals surface area (Å²) in [6.45, 7) is -0.991. The van der Waals surface area contributed by atoms with Gasteiger partial charge in [0.05, 0.1) is 19.2 Å². The van der Waals surface area contributed by atoms with Crippen molar-refractivity contribution in [1.29, 1.82) is 0 Å². The number of carbonyl (C=O) groups is 2. The van der Waals surface area contributed by atoms with Crippen molar-refractivity contribution >= 4 is 12.0 Å². The van der Waals surface area contributed by atoms with E-state index in [2.05, 4.69) is 15.5 Å². The van der Waals surface area contributed by atoms with Crippen LogP contribution in [-0.4, -0.2) is 56.7 Å². The maximum atomic E-state index is 11.4. The standard InChI is InChI=1S/C10H17N5O6/c11-5(1-2-16)8-14-7(21-15-8)3-12-10(20)13-6(4-17)9(18)19/h5-6,16-17H,1-4,11H2,(H,18,19)(H2,12,13,20)/t5-,6-/m0/s1. The number of hydrogen-bond acceptors (Lipinski definition) is 8. The largest absolute Gasteiger partial charge is 0.480 e. The Bertz CT molecular complexity index is 478. The number of rotatable bonds is 8. The first-order chi connectivity index (χ1) is 9.97. The predicted octanol–water partition coefficient (Wildman–Crippen LogP) is -2.30. The Morgan fingerprint density at radius 2 is 2.10 bits per heavy atom. The van der Waals surface area contributed by atoms with Gasteiger partial charge in [0.25, 0.3) is 0 Å². The summed E-state index contributed by atoms with van der Waals surface area (Å²) in [5, 5.41) is 34.0. The second kappa shape index (κ2) is 8.14. The van der Waals surface area contributed by atoms with E-state index in [1.54, 1.807) is 0 Å². The molecule has 0 saturated heterocycles. The molecule has 1 aromatic heterocycles. The number of urea groups is 1. The second-order valence-corrected chi connectivity index (χ2v) is 4.07. The first-order valence-corrected chi connectivity index (χ1v) is 6.04. The maximum Gasteiger partial charge on any atom is 0.328 e. The normalized spacial score (nSPS) is 13.5. The van der Waals surface area contributed by atoms with E-state index in [9.17, 15) is 9.59 Å². The summed E-state index contributed by atoms with van der Waals surface area (Å²) in [5.41, 5.74) is 5.65. The van der Waals surface area contributed by atoms with Gasteiger partial charge in [-0.25, -0.2) is 9.59 Å². The summed E-state index contributed by atoms with van der Waals surface area (Å²) in [5.74, 6) is -1.09. The predicted molar refractivity (Wildman–Crippen MR) is 66.8 cm³/mol. The smallest absolute Gasteiger partial charge is 0.328 e. The SMILES string of the molecule is N[C@@H](CCO)c1noc(CNC(=O)N[C@@H](CO)C(=O)O)n1. The number of carboxylic acid groups (broad SMARTS) is 1. The number of amides is 2. The maximum absolute atomic E-state index is 11.4. The third-order valence-corrected chi connectivity index (χ3v) is 2.44. The second-order valence-electron chi connectivity index (χ2n) is 4.07. The number of aromatic nitrogens is 2. The molecule has 0 spiro atoms. The zero-order valence-corrected chi connectivity index (χ0v) is 11.0. The minimum atomic E-state index is -1.40. The number of hydrogen-bond donors (Lipinski definition) is 6. The summed E-state index contributed by atoms with van der Waals surface area (Å²) >= 11 is 0. The van der Waals surface area contributed by atoms with Gasteiger partial charge in [-0.3, -0.25) is 0 Å². The monoisotopic (exact) mass is 303 g/mol. The van der Waals surface area contributed by atoms with Gasteiger partial charge >= 0.3 is 12.0 Å². The molecule has 0 aliphatic carbocycles. The van der Waals surface area contributed by atoms with Crippen molar-refractivity contribution in [3.63, 3.8) is 0 Å². The molecule has 21 heavy (non-hydrogen) atoms. The van der Waals surface area contributed by atoms with Crippen LogP contribution in [0.15, 0.2) is 4.52 Å². The molecule has 0 radical (unpaired) electrons. The Balaban J connectivity index is 2.44.